The zero-order valence-electron chi connectivity index (χ0n) is 10.4. The average Bonchev–Trinajstić information content (AvgIpc) is 2.78. The van der Waals surface area contributed by atoms with Crippen molar-refractivity contribution < 1.29 is 0 Å². The summed E-state index contributed by atoms with van der Waals surface area (Å²) in [5.41, 5.74) is 8.44. The van der Waals surface area contributed by atoms with Crippen molar-refractivity contribution in [1.82, 2.24) is 10.3 Å². The van der Waals surface area contributed by atoms with E-state index in [-0.39, 0.29) is 6.04 Å². The van der Waals surface area contributed by atoms with Crippen LogP contribution >= 0.6 is 0 Å². The Balaban J connectivity index is 1.87. The Bertz CT molecular complexity index is 461. The standard InChI is InChI=1S/C14H21N3/c1-2-12(15)10-16-8-7-11-9-17-14-6-4-3-5-13(11)14/h3-6,9,12,16-17H,2,7-8,10,15H2,1H3. The van der Waals surface area contributed by atoms with Crippen LogP contribution in [-0.2, 0) is 6.42 Å². The molecule has 0 saturated carbocycles. The lowest BCUT2D eigenvalue weighted by atomic mass is 10.1. The molecule has 1 aromatic carbocycles. The number of nitrogens with two attached hydrogens (primary N) is 1. The third-order valence-electron chi connectivity index (χ3n) is 3.18. The number of rotatable bonds is 6. The summed E-state index contributed by atoms with van der Waals surface area (Å²) in [6.45, 7) is 4.00. The minimum atomic E-state index is 0.276. The van der Waals surface area contributed by atoms with Gasteiger partial charge in [-0.25, -0.2) is 0 Å². The SMILES string of the molecule is CCC(N)CNCCc1c[nH]c2ccccc12. The van der Waals surface area contributed by atoms with Crippen molar-refractivity contribution >= 4 is 10.9 Å². The summed E-state index contributed by atoms with van der Waals surface area (Å²) in [6, 6.07) is 8.69. The fourth-order valence-electron chi connectivity index (χ4n) is 1.99. The van der Waals surface area contributed by atoms with Crippen molar-refractivity contribution in [2.45, 2.75) is 25.8 Å². The van der Waals surface area contributed by atoms with Gasteiger partial charge in [-0.2, -0.15) is 0 Å². The second-order valence-electron chi connectivity index (χ2n) is 4.48. The molecule has 1 unspecified atom stereocenters. The maximum Gasteiger partial charge on any atom is 0.0456 e. The van der Waals surface area contributed by atoms with Gasteiger partial charge in [0.1, 0.15) is 0 Å². The van der Waals surface area contributed by atoms with E-state index in [1.165, 1.54) is 16.5 Å². The Hall–Kier alpha value is -1.32. The van der Waals surface area contributed by atoms with Crippen LogP contribution in [0, 0.1) is 0 Å². The molecule has 0 bridgehead atoms. The summed E-state index contributed by atoms with van der Waals surface area (Å²) in [6.07, 6.45) is 4.17. The lowest BCUT2D eigenvalue weighted by molar-refractivity contribution is 0.565. The molecule has 1 heterocycles. The summed E-state index contributed by atoms with van der Waals surface area (Å²) in [5.74, 6) is 0. The highest BCUT2D eigenvalue weighted by atomic mass is 14.9. The van der Waals surface area contributed by atoms with E-state index in [1.807, 2.05) is 0 Å². The van der Waals surface area contributed by atoms with Crippen LogP contribution in [0.5, 0.6) is 0 Å². The van der Waals surface area contributed by atoms with Crippen LogP contribution in [0.4, 0.5) is 0 Å². The van der Waals surface area contributed by atoms with Crippen molar-refractivity contribution in [2.24, 2.45) is 5.73 Å². The summed E-state index contributed by atoms with van der Waals surface area (Å²) in [4.78, 5) is 3.30. The molecule has 92 valence electrons. The van der Waals surface area contributed by atoms with Gasteiger partial charge in [-0.15, -0.1) is 0 Å². The quantitative estimate of drug-likeness (QED) is 0.666. The Morgan fingerprint density at radius 2 is 2.18 bits per heavy atom. The van der Waals surface area contributed by atoms with Gasteiger partial charge in [0.05, 0.1) is 0 Å². The number of H-pyrrole nitrogens is 1. The molecule has 0 saturated heterocycles. The van der Waals surface area contributed by atoms with E-state index in [9.17, 15) is 0 Å². The number of aromatic amines is 1. The van der Waals surface area contributed by atoms with Crippen LogP contribution in [-0.4, -0.2) is 24.1 Å². The van der Waals surface area contributed by atoms with Gasteiger partial charge in [0, 0.05) is 29.7 Å². The van der Waals surface area contributed by atoms with Gasteiger partial charge in [-0.1, -0.05) is 25.1 Å². The largest absolute Gasteiger partial charge is 0.361 e. The normalized spacial score (nSPS) is 13.1. The molecule has 4 N–H and O–H groups in total. The first kappa shape index (κ1) is 12.1. The predicted molar refractivity (Wildman–Crippen MR) is 73.1 cm³/mol. The van der Waals surface area contributed by atoms with Gasteiger partial charge >= 0.3 is 0 Å². The maximum atomic E-state index is 5.85. The number of para-hydroxylation sites is 1. The highest BCUT2D eigenvalue weighted by Gasteiger charge is 2.02. The molecule has 0 aliphatic carbocycles. The number of fused-ring (bicyclic) bond motifs is 1. The number of nitrogens with one attached hydrogen (secondary N) is 2. The van der Waals surface area contributed by atoms with E-state index >= 15 is 0 Å². The van der Waals surface area contributed by atoms with Crippen LogP contribution in [0.25, 0.3) is 10.9 Å². The third-order valence-corrected chi connectivity index (χ3v) is 3.18. The van der Waals surface area contributed by atoms with E-state index in [0.29, 0.717) is 0 Å². The zero-order chi connectivity index (χ0) is 12.1. The van der Waals surface area contributed by atoms with Gasteiger partial charge in [-0.05, 0) is 31.0 Å². The van der Waals surface area contributed by atoms with Gasteiger partial charge in [0.2, 0.25) is 0 Å². The Morgan fingerprint density at radius 3 is 3.00 bits per heavy atom. The number of hydrogen-bond acceptors (Lipinski definition) is 2. The van der Waals surface area contributed by atoms with Crippen LogP contribution in [0.15, 0.2) is 30.5 Å². The number of benzene rings is 1. The fraction of sp³-hybridized carbons (Fsp3) is 0.429. The first-order chi connectivity index (χ1) is 8.31. The molecule has 2 rings (SSSR count). The Morgan fingerprint density at radius 1 is 1.35 bits per heavy atom. The van der Waals surface area contributed by atoms with Crippen LogP contribution in [0.2, 0.25) is 0 Å². The van der Waals surface area contributed by atoms with Crippen molar-refractivity contribution in [3.63, 3.8) is 0 Å². The van der Waals surface area contributed by atoms with E-state index in [0.717, 1.165) is 25.9 Å². The van der Waals surface area contributed by atoms with Crippen molar-refractivity contribution in [3.05, 3.63) is 36.0 Å². The Kier molecular flexibility index (Phi) is 4.18. The molecule has 0 radical (unpaired) electrons. The van der Waals surface area contributed by atoms with Crippen molar-refractivity contribution in [1.29, 1.82) is 0 Å². The maximum absolute atomic E-state index is 5.85. The third kappa shape index (κ3) is 3.08. The molecule has 0 spiro atoms. The molecule has 1 aromatic heterocycles. The monoisotopic (exact) mass is 231 g/mol. The van der Waals surface area contributed by atoms with Crippen LogP contribution in [0.3, 0.4) is 0 Å². The second kappa shape index (κ2) is 5.84. The molecule has 0 amide bonds. The van der Waals surface area contributed by atoms with Crippen LogP contribution in [0.1, 0.15) is 18.9 Å². The molecular weight excluding hydrogens is 210 g/mol. The minimum absolute atomic E-state index is 0.276. The van der Waals surface area contributed by atoms with Crippen molar-refractivity contribution in [3.8, 4) is 0 Å². The highest BCUT2D eigenvalue weighted by molar-refractivity contribution is 5.83. The first-order valence-corrected chi connectivity index (χ1v) is 6.32. The van der Waals surface area contributed by atoms with Gasteiger partial charge < -0.3 is 16.0 Å². The number of aromatic nitrogens is 1. The molecule has 0 aliphatic heterocycles. The lowest BCUT2D eigenvalue weighted by Crippen LogP contribution is -2.34. The summed E-state index contributed by atoms with van der Waals surface area (Å²) < 4.78 is 0. The molecular formula is C14H21N3. The smallest absolute Gasteiger partial charge is 0.0456 e. The number of hydrogen-bond donors (Lipinski definition) is 3. The van der Waals surface area contributed by atoms with E-state index in [4.69, 9.17) is 5.73 Å². The van der Waals surface area contributed by atoms with Crippen LogP contribution < -0.4 is 11.1 Å². The second-order valence-corrected chi connectivity index (χ2v) is 4.48. The lowest BCUT2D eigenvalue weighted by Gasteiger charge is -2.09. The van der Waals surface area contributed by atoms with E-state index < -0.39 is 0 Å². The van der Waals surface area contributed by atoms with Gasteiger partial charge in [0.15, 0.2) is 0 Å². The van der Waals surface area contributed by atoms with Crippen molar-refractivity contribution in [2.75, 3.05) is 13.1 Å². The summed E-state index contributed by atoms with van der Waals surface area (Å²) in [7, 11) is 0. The molecule has 3 heteroatoms. The molecule has 0 aliphatic rings. The van der Waals surface area contributed by atoms with E-state index in [1.54, 1.807) is 0 Å². The first-order valence-electron chi connectivity index (χ1n) is 6.32. The molecule has 2 aromatic rings. The molecule has 0 fully saturated rings. The molecule has 1 atom stereocenters. The predicted octanol–water partition coefficient (Wildman–Crippen LogP) is 2.04. The minimum Gasteiger partial charge on any atom is -0.361 e. The van der Waals surface area contributed by atoms with Gasteiger partial charge in [0.25, 0.3) is 0 Å². The highest BCUT2D eigenvalue weighted by Crippen LogP contribution is 2.17. The fourth-order valence-corrected chi connectivity index (χ4v) is 1.99. The topological polar surface area (TPSA) is 53.8 Å². The molecule has 3 nitrogen and oxygen atoms in total. The average molecular weight is 231 g/mol. The molecule has 17 heavy (non-hydrogen) atoms. The summed E-state index contributed by atoms with van der Waals surface area (Å²) in [5, 5.41) is 4.73. The zero-order valence-corrected chi connectivity index (χ0v) is 10.4. The Labute approximate surface area is 102 Å². The van der Waals surface area contributed by atoms with Gasteiger partial charge in [-0.3, -0.25) is 0 Å². The summed E-state index contributed by atoms with van der Waals surface area (Å²) >= 11 is 0. The van der Waals surface area contributed by atoms with E-state index in [2.05, 4.69) is 47.7 Å².